The molecule has 0 radical (unpaired) electrons. The summed E-state index contributed by atoms with van der Waals surface area (Å²) in [6.45, 7) is 0. The summed E-state index contributed by atoms with van der Waals surface area (Å²) >= 11 is 0. The molecule has 0 bridgehead atoms. The molecule has 1 rings (SSSR count). The summed E-state index contributed by atoms with van der Waals surface area (Å²) in [6, 6.07) is 0. The molecule has 5 heteroatoms. The quantitative estimate of drug-likeness (QED) is 0.534. The predicted molar refractivity (Wildman–Crippen MR) is 34.5 cm³/mol. The van der Waals surface area contributed by atoms with Crippen LogP contribution in [0.25, 0.3) is 0 Å². The molecule has 2 N–H and O–H groups in total. The van der Waals surface area contributed by atoms with Crippen LogP contribution in [0, 0.1) is 0 Å². The molecule has 1 heterocycles. The van der Waals surface area contributed by atoms with E-state index in [0.717, 1.165) is 0 Å². The fourth-order valence-corrected chi connectivity index (χ4v) is 0.510. The number of H-pyrrole nitrogens is 1. The number of nitrogens with one attached hydrogen (secondary N) is 2. The zero-order chi connectivity index (χ0) is 7.40. The summed E-state index contributed by atoms with van der Waals surface area (Å²) in [5, 5.41) is 2.19. The molecule has 52 valence electrons. The Balaban J connectivity index is 3.03. The molecule has 1 amide bonds. The van der Waals surface area contributed by atoms with Crippen LogP contribution in [0.3, 0.4) is 0 Å². The monoisotopic (exact) mass is 139 g/mol. The van der Waals surface area contributed by atoms with Crippen LogP contribution in [0.2, 0.25) is 0 Å². The number of hydrogen-bond acceptors (Lipinski definition) is 3. The highest BCUT2D eigenvalue weighted by Crippen LogP contribution is 1.88. The van der Waals surface area contributed by atoms with E-state index in [2.05, 4.69) is 15.3 Å². The van der Waals surface area contributed by atoms with Gasteiger partial charge in [0, 0.05) is 0 Å². The van der Waals surface area contributed by atoms with E-state index in [1.165, 1.54) is 12.5 Å². The first-order valence-corrected chi connectivity index (χ1v) is 2.57. The molecule has 1 aromatic rings. The van der Waals surface area contributed by atoms with Gasteiger partial charge in [0.25, 0.3) is 5.56 Å². The summed E-state index contributed by atoms with van der Waals surface area (Å²) < 4.78 is 0. The van der Waals surface area contributed by atoms with Crippen LogP contribution in [-0.4, -0.2) is 16.4 Å². The number of aromatic nitrogens is 2. The van der Waals surface area contributed by atoms with Crippen LogP contribution in [0.4, 0.5) is 5.69 Å². The zero-order valence-electron chi connectivity index (χ0n) is 5.00. The van der Waals surface area contributed by atoms with E-state index in [-0.39, 0.29) is 11.2 Å². The third-order valence-electron chi connectivity index (χ3n) is 0.933. The summed E-state index contributed by atoms with van der Waals surface area (Å²) in [5.74, 6) is 0. The van der Waals surface area contributed by atoms with Gasteiger partial charge in [-0.15, -0.1) is 0 Å². The van der Waals surface area contributed by atoms with Crippen molar-refractivity contribution in [3.05, 3.63) is 22.9 Å². The number of carbonyl (C=O) groups excluding carboxylic acids is 1. The van der Waals surface area contributed by atoms with E-state index in [1.807, 2.05) is 0 Å². The lowest BCUT2D eigenvalue weighted by atomic mass is 10.5. The number of anilines is 1. The van der Waals surface area contributed by atoms with Gasteiger partial charge < -0.3 is 10.3 Å². The van der Waals surface area contributed by atoms with Crippen LogP contribution in [-0.2, 0) is 4.79 Å². The maximum Gasteiger partial charge on any atom is 0.274 e. The SMILES string of the molecule is O=CNc1cnc[nH]c1=O. The largest absolute Gasteiger partial charge is 0.323 e. The zero-order valence-corrected chi connectivity index (χ0v) is 5.00. The first-order chi connectivity index (χ1) is 4.84. The Bertz CT molecular complexity index is 280. The van der Waals surface area contributed by atoms with Gasteiger partial charge in [0.15, 0.2) is 0 Å². The Morgan fingerprint density at radius 1 is 1.70 bits per heavy atom. The number of nitrogens with zero attached hydrogens (tertiary/aromatic N) is 1. The molecule has 0 fully saturated rings. The van der Waals surface area contributed by atoms with Gasteiger partial charge >= 0.3 is 0 Å². The minimum Gasteiger partial charge on any atom is -0.323 e. The smallest absolute Gasteiger partial charge is 0.274 e. The van der Waals surface area contributed by atoms with E-state index in [4.69, 9.17) is 0 Å². The first kappa shape index (κ1) is 6.47. The summed E-state index contributed by atoms with van der Waals surface area (Å²) in [4.78, 5) is 26.4. The van der Waals surface area contributed by atoms with E-state index < -0.39 is 0 Å². The second-order valence-corrected chi connectivity index (χ2v) is 1.56. The molecule has 0 aliphatic heterocycles. The lowest BCUT2D eigenvalue weighted by Gasteiger charge is -1.91. The van der Waals surface area contributed by atoms with Crippen molar-refractivity contribution in [2.24, 2.45) is 0 Å². The maximum atomic E-state index is 10.7. The molecule has 0 saturated heterocycles. The van der Waals surface area contributed by atoms with Crippen molar-refractivity contribution in [1.82, 2.24) is 9.97 Å². The minimum atomic E-state index is -0.359. The Kier molecular flexibility index (Phi) is 1.79. The van der Waals surface area contributed by atoms with Crippen LogP contribution >= 0.6 is 0 Å². The predicted octanol–water partition coefficient (Wildman–Crippen LogP) is -0.662. The number of hydrogen-bond donors (Lipinski definition) is 2. The highest BCUT2D eigenvalue weighted by molar-refractivity contribution is 5.69. The molecule has 0 unspecified atom stereocenters. The highest BCUT2D eigenvalue weighted by Gasteiger charge is 1.93. The van der Waals surface area contributed by atoms with Gasteiger partial charge in [-0.2, -0.15) is 0 Å². The van der Waals surface area contributed by atoms with Crippen molar-refractivity contribution in [2.75, 3.05) is 5.32 Å². The second kappa shape index (κ2) is 2.77. The average molecular weight is 139 g/mol. The van der Waals surface area contributed by atoms with Crippen molar-refractivity contribution in [3.63, 3.8) is 0 Å². The number of aromatic amines is 1. The summed E-state index contributed by atoms with van der Waals surface area (Å²) in [6.07, 6.45) is 2.94. The van der Waals surface area contributed by atoms with Crippen LogP contribution in [0.15, 0.2) is 17.3 Å². The van der Waals surface area contributed by atoms with Gasteiger partial charge in [0.1, 0.15) is 5.69 Å². The molecule has 5 nitrogen and oxygen atoms in total. The average Bonchev–Trinajstić information content (AvgIpc) is 1.94. The van der Waals surface area contributed by atoms with E-state index in [9.17, 15) is 9.59 Å². The van der Waals surface area contributed by atoms with E-state index >= 15 is 0 Å². The van der Waals surface area contributed by atoms with Crippen LogP contribution < -0.4 is 10.9 Å². The van der Waals surface area contributed by atoms with Gasteiger partial charge in [-0.3, -0.25) is 9.59 Å². The van der Waals surface area contributed by atoms with Gasteiger partial charge in [0.2, 0.25) is 6.41 Å². The van der Waals surface area contributed by atoms with Crippen molar-refractivity contribution in [2.45, 2.75) is 0 Å². The molecule has 0 atom stereocenters. The molecule has 0 spiro atoms. The third-order valence-corrected chi connectivity index (χ3v) is 0.933. The molecular formula is C5H5N3O2. The van der Waals surface area contributed by atoms with E-state index in [1.54, 1.807) is 0 Å². The van der Waals surface area contributed by atoms with Gasteiger partial charge in [-0.1, -0.05) is 0 Å². The van der Waals surface area contributed by atoms with Gasteiger partial charge in [-0.25, -0.2) is 4.98 Å². The summed E-state index contributed by atoms with van der Waals surface area (Å²) in [5.41, 5.74) is -0.209. The Hall–Kier alpha value is -1.65. The molecule has 0 aliphatic rings. The van der Waals surface area contributed by atoms with Gasteiger partial charge in [-0.05, 0) is 0 Å². The fourth-order valence-electron chi connectivity index (χ4n) is 0.510. The van der Waals surface area contributed by atoms with Gasteiger partial charge in [0.05, 0.1) is 12.5 Å². The molecular weight excluding hydrogens is 134 g/mol. The van der Waals surface area contributed by atoms with Crippen molar-refractivity contribution >= 4 is 12.1 Å². The van der Waals surface area contributed by atoms with Crippen molar-refractivity contribution in [1.29, 1.82) is 0 Å². The lowest BCUT2D eigenvalue weighted by molar-refractivity contribution is -0.105. The molecule has 1 aromatic heterocycles. The minimum absolute atomic E-state index is 0.150. The topological polar surface area (TPSA) is 74.8 Å². The Labute approximate surface area is 56.1 Å². The van der Waals surface area contributed by atoms with Crippen molar-refractivity contribution < 1.29 is 4.79 Å². The van der Waals surface area contributed by atoms with Crippen LogP contribution in [0.5, 0.6) is 0 Å². The Morgan fingerprint density at radius 2 is 2.50 bits per heavy atom. The number of carbonyl (C=O) groups is 1. The highest BCUT2D eigenvalue weighted by atomic mass is 16.1. The third kappa shape index (κ3) is 1.19. The molecule has 10 heavy (non-hydrogen) atoms. The van der Waals surface area contributed by atoms with Crippen molar-refractivity contribution in [3.8, 4) is 0 Å². The van der Waals surface area contributed by atoms with E-state index in [0.29, 0.717) is 6.41 Å². The van der Waals surface area contributed by atoms with Crippen LogP contribution in [0.1, 0.15) is 0 Å². The standard InChI is InChI=1S/C5H5N3O2/c9-3-8-4-1-6-2-7-5(4)10/h1-3H,(H,8,9)(H,6,7,10). The number of amides is 1. The fraction of sp³-hybridized carbons (Fsp3) is 0. The Morgan fingerprint density at radius 3 is 3.10 bits per heavy atom. The lowest BCUT2D eigenvalue weighted by Crippen LogP contribution is -2.12. The molecule has 0 aromatic carbocycles. The first-order valence-electron chi connectivity index (χ1n) is 2.57. The maximum absolute atomic E-state index is 10.7. The normalized spacial score (nSPS) is 8.80. The number of rotatable bonds is 2. The summed E-state index contributed by atoms with van der Waals surface area (Å²) in [7, 11) is 0. The molecule has 0 saturated carbocycles. The molecule has 0 aliphatic carbocycles. The second-order valence-electron chi connectivity index (χ2n) is 1.56.